The predicted molar refractivity (Wildman–Crippen MR) is 62.2 cm³/mol. The molecule has 1 aromatic carbocycles. The number of aromatic nitrogens is 2. The Labute approximate surface area is 93.9 Å². The van der Waals surface area contributed by atoms with Crippen molar-refractivity contribution in [2.24, 2.45) is 0 Å². The molecule has 3 rings (SSSR count). The van der Waals surface area contributed by atoms with E-state index in [0.717, 1.165) is 17.1 Å². The topological polar surface area (TPSA) is 39.1 Å². The first kappa shape index (κ1) is 9.27. The Morgan fingerprint density at radius 2 is 2.31 bits per heavy atom. The van der Waals surface area contributed by atoms with E-state index in [1.54, 1.807) is 7.11 Å². The molecule has 2 heterocycles. The molecule has 2 aromatic rings. The van der Waals surface area contributed by atoms with Crippen molar-refractivity contribution in [3.8, 4) is 11.4 Å². The van der Waals surface area contributed by atoms with Crippen LogP contribution in [-0.2, 0) is 0 Å². The van der Waals surface area contributed by atoms with Gasteiger partial charge >= 0.3 is 0 Å². The first-order chi connectivity index (χ1) is 7.79. The van der Waals surface area contributed by atoms with Crippen LogP contribution in [0.5, 0.6) is 5.75 Å². The van der Waals surface area contributed by atoms with Crippen LogP contribution in [-0.4, -0.2) is 16.7 Å². The van der Waals surface area contributed by atoms with Gasteiger partial charge in [0.15, 0.2) is 0 Å². The van der Waals surface area contributed by atoms with Crippen molar-refractivity contribution in [3.05, 3.63) is 36.4 Å². The van der Waals surface area contributed by atoms with Crippen LogP contribution < -0.4 is 10.1 Å². The molecule has 0 amide bonds. The molecular weight excluding hydrogens is 202 g/mol. The van der Waals surface area contributed by atoms with Crippen molar-refractivity contribution in [3.63, 3.8) is 0 Å². The highest BCUT2D eigenvalue weighted by Crippen LogP contribution is 2.34. The fourth-order valence-corrected chi connectivity index (χ4v) is 2.09. The molecule has 4 heteroatoms. The van der Waals surface area contributed by atoms with E-state index >= 15 is 0 Å². The molecule has 1 atom stereocenters. The molecule has 4 nitrogen and oxygen atoms in total. The predicted octanol–water partition coefficient (Wildman–Crippen LogP) is 2.37. The van der Waals surface area contributed by atoms with Gasteiger partial charge in [0, 0.05) is 6.07 Å². The molecule has 0 spiro atoms. The number of hydrogen-bond donors (Lipinski definition) is 1. The second kappa shape index (κ2) is 3.27. The minimum absolute atomic E-state index is 0.281. The number of anilines is 1. The van der Waals surface area contributed by atoms with E-state index in [0.29, 0.717) is 0 Å². The normalized spacial score (nSPS) is 17.2. The maximum atomic E-state index is 5.24. The summed E-state index contributed by atoms with van der Waals surface area (Å²) in [7, 11) is 1.68. The Morgan fingerprint density at radius 1 is 1.44 bits per heavy atom. The van der Waals surface area contributed by atoms with Crippen molar-refractivity contribution in [2.75, 3.05) is 12.4 Å². The third kappa shape index (κ3) is 1.19. The number of methoxy groups -OCH3 is 1. The van der Waals surface area contributed by atoms with Crippen LogP contribution in [0.2, 0.25) is 0 Å². The van der Waals surface area contributed by atoms with Crippen LogP contribution in [0.15, 0.2) is 30.7 Å². The number of nitrogens with one attached hydrogen (secondary N) is 1. The second-order valence-electron chi connectivity index (χ2n) is 3.94. The smallest absolute Gasteiger partial charge is 0.121 e. The Kier molecular flexibility index (Phi) is 1.89. The van der Waals surface area contributed by atoms with Gasteiger partial charge in [-0.15, -0.1) is 0 Å². The zero-order valence-corrected chi connectivity index (χ0v) is 9.27. The van der Waals surface area contributed by atoms with E-state index in [9.17, 15) is 0 Å². The number of imidazole rings is 1. The van der Waals surface area contributed by atoms with Crippen molar-refractivity contribution in [1.29, 1.82) is 0 Å². The third-order valence-corrected chi connectivity index (χ3v) is 2.95. The van der Waals surface area contributed by atoms with E-state index in [1.807, 2.05) is 30.7 Å². The number of fused-ring (bicyclic) bond motifs is 3. The summed E-state index contributed by atoms with van der Waals surface area (Å²) in [5.74, 6) is 0.856. The molecule has 0 unspecified atom stereocenters. The average Bonchev–Trinajstić information content (AvgIpc) is 2.78. The molecule has 0 aliphatic carbocycles. The minimum Gasteiger partial charge on any atom is -0.497 e. The van der Waals surface area contributed by atoms with Gasteiger partial charge in [-0.05, 0) is 19.1 Å². The van der Waals surface area contributed by atoms with Gasteiger partial charge < -0.3 is 10.1 Å². The average molecular weight is 215 g/mol. The highest BCUT2D eigenvalue weighted by Gasteiger charge is 2.20. The standard InChI is InChI=1S/C12H13N3O/c1-8-12-6-13-7-15(12)11-5-9(16-2)3-4-10(11)14-8/h3-8,14H,1-2H3/t8-/m0/s1. The van der Waals surface area contributed by atoms with Gasteiger partial charge in [-0.25, -0.2) is 4.98 Å². The maximum absolute atomic E-state index is 5.24. The molecule has 0 fully saturated rings. The van der Waals surface area contributed by atoms with Crippen molar-refractivity contribution in [1.82, 2.24) is 9.55 Å². The number of nitrogens with zero attached hydrogens (tertiary/aromatic N) is 2. The third-order valence-electron chi connectivity index (χ3n) is 2.95. The van der Waals surface area contributed by atoms with Crippen LogP contribution in [0.4, 0.5) is 5.69 Å². The van der Waals surface area contributed by atoms with Crippen LogP contribution in [0, 0.1) is 0 Å². The molecule has 1 aliphatic heterocycles. The Morgan fingerprint density at radius 3 is 3.12 bits per heavy atom. The van der Waals surface area contributed by atoms with E-state index in [1.165, 1.54) is 5.69 Å². The molecule has 0 saturated carbocycles. The summed E-state index contributed by atoms with van der Waals surface area (Å²) in [4.78, 5) is 4.19. The summed E-state index contributed by atoms with van der Waals surface area (Å²) in [5, 5.41) is 3.44. The zero-order chi connectivity index (χ0) is 11.1. The largest absolute Gasteiger partial charge is 0.497 e. The van der Waals surface area contributed by atoms with E-state index in [4.69, 9.17) is 4.74 Å². The van der Waals surface area contributed by atoms with Gasteiger partial charge in [-0.3, -0.25) is 4.57 Å². The highest BCUT2D eigenvalue weighted by molar-refractivity contribution is 5.67. The number of hydrogen-bond acceptors (Lipinski definition) is 3. The number of rotatable bonds is 1. The number of benzene rings is 1. The lowest BCUT2D eigenvalue weighted by molar-refractivity contribution is 0.414. The van der Waals surface area contributed by atoms with Gasteiger partial charge in [0.2, 0.25) is 0 Å². The summed E-state index contributed by atoms with van der Waals surface area (Å²) in [5.41, 5.74) is 3.37. The summed E-state index contributed by atoms with van der Waals surface area (Å²) >= 11 is 0. The molecule has 16 heavy (non-hydrogen) atoms. The quantitative estimate of drug-likeness (QED) is 0.793. The zero-order valence-electron chi connectivity index (χ0n) is 9.27. The van der Waals surface area contributed by atoms with Gasteiger partial charge in [-0.1, -0.05) is 0 Å². The molecular formula is C12H13N3O. The fourth-order valence-electron chi connectivity index (χ4n) is 2.09. The summed E-state index contributed by atoms with van der Waals surface area (Å²) in [6, 6.07) is 6.29. The molecule has 1 aromatic heterocycles. The molecule has 82 valence electrons. The molecule has 1 N–H and O–H groups in total. The summed E-state index contributed by atoms with van der Waals surface area (Å²) < 4.78 is 7.33. The Balaban J connectivity index is 2.21. The summed E-state index contributed by atoms with van der Waals surface area (Å²) in [6.07, 6.45) is 3.73. The SMILES string of the molecule is COc1ccc2c(c1)-n1cncc1[C@H](C)N2. The van der Waals surface area contributed by atoms with Crippen molar-refractivity contribution >= 4 is 5.69 Å². The molecule has 0 bridgehead atoms. The maximum Gasteiger partial charge on any atom is 0.121 e. The summed E-state index contributed by atoms with van der Waals surface area (Å²) in [6.45, 7) is 2.13. The van der Waals surface area contributed by atoms with Gasteiger partial charge in [0.05, 0.1) is 42.7 Å². The first-order valence-corrected chi connectivity index (χ1v) is 5.27. The van der Waals surface area contributed by atoms with Crippen LogP contribution in [0.3, 0.4) is 0 Å². The molecule has 1 aliphatic rings. The van der Waals surface area contributed by atoms with Crippen LogP contribution in [0.1, 0.15) is 18.7 Å². The van der Waals surface area contributed by atoms with E-state index < -0.39 is 0 Å². The van der Waals surface area contributed by atoms with E-state index in [2.05, 4.69) is 21.8 Å². The first-order valence-electron chi connectivity index (χ1n) is 5.27. The van der Waals surface area contributed by atoms with Crippen LogP contribution in [0.25, 0.3) is 5.69 Å². The highest BCUT2D eigenvalue weighted by atomic mass is 16.5. The Bertz CT molecular complexity index is 533. The lowest BCUT2D eigenvalue weighted by Crippen LogP contribution is -2.18. The lowest BCUT2D eigenvalue weighted by Gasteiger charge is -2.26. The fraction of sp³-hybridized carbons (Fsp3) is 0.250. The molecule has 0 radical (unpaired) electrons. The van der Waals surface area contributed by atoms with Crippen molar-refractivity contribution < 1.29 is 4.74 Å². The lowest BCUT2D eigenvalue weighted by atomic mass is 10.1. The second-order valence-corrected chi connectivity index (χ2v) is 3.94. The molecule has 0 saturated heterocycles. The van der Waals surface area contributed by atoms with Gasteiger partial charge in [-0.2, -0.15) is 0 Å². The number of ether oxygens (including phenoxy) is 1. The van der Waals surface area contributed by atoms with Crippen molar-refractivity contribution in [2.45, 2.75) is 13.0 Å². The van der Waals surface area contributed by atoms with Gasteiger partial charge in [0.1, 0.15) is 5.75 Å². The van der Waals surface area contributed by atoms with Gasteiger partial charge in [0.25, 0.3) is 0 Å². The Hall–Kier alpha value is -1.97. The minimum atomic E-state index is 0.281. The monoisotopic (exact) mass is 215 g/mol. The van der Waals surface area contributed by atoms with Crippen LogP contribution >= 0.6 is 0 Å². The van der Waals surface area contributed by atoms with E-state index in [-0.39, 0.29) is 6.04 Å².